The van der Waals surface area contributed by atoms with Crippen LogP contribution in [0.4, 0.5) is 0 Å². The van der Waals surface area contributed by atoms with Crippen LogP contribution in [0.25, 0.3) is 5.65 Å². The van der Waals surface area contributed by atoms with Crippen LogP contribution in [-0.2, 0) is 13.1 Å². The van der Waals surface area contributed by atoms with Gasteiger partial charge in [-0.15, -0.1) is 0 Å². The summed E-state index contributed by atoms with van der Waals surface area (Å²) in [6.45, 7) is 1.10. The normalized spacial score (nSPS) is 10.8. The lowest BCUT2D eigenvalue weighted by molar-refractivity contribution is 0.658. The highest BCUT2D eigenvalue weighted by Gasteiger charge is 2.01. The zero-order chi connectivity index (χ0) is 13.8. The van der Waals surface area contributed by atoms with Crippen molar-refractivity contribution < 1.29 is 0 Å². The number of nitrogens with zero attached hydrogens (tertiary/aromatic N) is 4. The molecule has 0 amide bonds. The van der Waals surface area contributed by atoms with E-state index >= 15 is 0 Å². The Morgan fingerprint density at radius 3 is 2.85 bits per heavy atom. The number of pyridine rings is 1. The van der Waals surface area contributed by atoms with Crippen LogP contribution in [0.15, 0.2) is 53.6 Å². The van der Waals surface area contributed by atoms with Crippen LogP contribution in [0.2, 0.25) is 0 Å². The monoisotopic (exact) mass is 267 g/mol. The van der Waals surface area contributed by atoms with E-state index in [4.69, 9.17) is 0 Å². The predicted octanol–water partition coefficient (Wildman–Crippen LogP) is 0.774. The Morgan fingerprint density at radius 1 is 1.10 bits per heavy atom. The maximum absolute atomic E-state index is 11.9. The fourth-order valence-corrected chi connectivity index (χ4v) is 1.94. The first-order valence-corrected chi connectivity index (χ1v) is 6.27. The molecule has 0 radical (unpaired) electrons. The highest BCUT2D eigenvalue weighted by molar-refractivity contribution is 5.37. The molecule has 0 unspecified atom stereocenters. The van der Waals surface area contributed by atoms with Crippen LogP contribution in [0.5, 0.6) is 0 Å². The van der Waals surface area contributed by atoms with Gasteiger partial charge in [0, 0.05) is 31.5 Å². The van der Waals surface area contributed by atoms with E-state index in [9.17, 15) is 4.79 Å². The molecule has 0 saturated heterocycles. The number of nitrogens with one attached hydrogen (secondary N) is 1. The number of fused-ring (bicyclic) bond motifs is 1. The van der Waals surface area contributed by atoms with E-state index in [1.54, 1.807) is 12.4 Å². The minimum absolute atomic E-state index is 0.0769. The zero-order valence-corrected chi connectivity index (χ0v) is 10.7. The van der Waals surface area contributed by atoms with Gasteiger partial charge in [0.25, 0.3) is 5.56 Å². The molecule has 1 N–H and O–H groups in total. The van der Waals surface area contributed by atoms with Crippen LogP contribution in [0.3, 0.4) is 0 Å². The molecule has 0 aliphatic heterocycles. The first-order valence-electron chi connectivity index (χ1n) is 6.27. The van der Waals surface area contributed by atoms with E-state index in [0.717, 1.165) is 5.69 Å². The van der Waals surface area contributed by atoms with Crippen LogP contribution < -0.4 is 10.9 Å². The van der Waals surface area contributed by atoms with Crippen LogP contribution in [0, 0.1) is 0 Å². The van der Waals surface area contributed by atoms with Crippen molar-refractivity contribution in [2.24, 2.45) is 0 Å². The lowest BCUT2D eigenvalue weighted by Crippen LogP contribution is -2.20. The molecule has 100 valence electrons. The summed E-state index contributed by atoms with van der Waals surface area (Å²) < 4.78 is 1.52. The zero-order valence-electron chi connectivity index (χ0n) is 10.7. The molecule has 6 nitrogen and oxygen atoms in total. The van der Waals surface area contributed by atoms with Gasteiger partial charge in [-0.3, -0.25) is 9.20 Å². The standard InChI is InChI=1S/C14H13N5O/c20-14-8-12(17-13-5-1-2-7-19(13)14)10-15-9-11-4-3-6-16-18-11/h1-8,15H,9-10H2. The summed E-state index contributed by atoms with van der Waals surface area (Å²) in [5.41, 5.74) is 2.14. The number of hydrogen-bond acceptors (Lipinski definition) is 5. The van der Waals surface area contributed by atoms with Gasteiger partial charge in [-0.25, -0.2) is 4.98 Å². The SMILES string of the molecule is O=c1cc(CNCc2cccnn2)nc2ccccn12. The Kier molecular flexibility index (Phi) is 3.47. The molecule has 3 rings (SSSR count). The fraction of sp³-hybridized carbons (Fsp3) is 0.143. The maximum Gasteiger partial charge on any atom is 0.258 e. The van der Waals surface area contributed by atoms with E-state index in [1.165, 1.54) is 10.5 Å². The Balaban J connectivity index is 1.73. The molecular weight excluding hydrogens is 254 g/mol. The molecule has 0 aliphatic rings. The molecule has 0 aliphatic carbocycles. The third-order valence-electron chi connectivity index (χ3n) is 2.86. The van der Waals surface area contributed by atoms with E-state index < -0.39 is 0 Å². The van der Waals surface area contributed by atoms with Gasteiger partial charge in [-0.1, -0.05) is 6.07 Å². The first-order chi connectivity index (χ1) is 9.83. The summed E-state index contributed by atoms with van der Waals surface area (Å²) in [6.07, 6.45) is 3.34. The average molecular weight is 267 g/mol. The van der Waals surface area contributed by atoms with Gasteiger partial charge in [-0.2, -0.15) is 10.2 Å². The quantitative estimate of drug-likeness (QED) is 0.756. The molecule has 0 aromatic carbocycles. The molecular formula is C14H13N5O. The molecule has 3 heterocycles. The minimum Gasteiger partial charge on any atom is -0.305 e. The highest BCUT2D eigenvalue weighted by Crippen LogP contribution is 1.99. The number of hydrogen-bond donors (Lipinski definition) is 1. The van der Waals surface area contributed by atoms with E-state index in [2.05, 4.69) is 20.5 Å². The average Bonchev–Trinajstić information content (AvgIpc) is 2.48. The summed E-state index contributed by atoms with van der Waals surface area (Å²) in [5.74, 6) is 0. The van der Waals surface area contributed by atoms with Crippen molar-refractivity contribution in [3.63, 3.8) is 0 Å². The lowest BCUT2D eigenvalue weighted by Gasteiger charge is -2.05. The van der Waals surface area contributed by atoms with Crippen molar-refractivity contribution in [3.8, 4) is 0 Å². The van der Waals surface area contributed by atoms with Crippen molar-refractivity contribution in [3.05, 3.63) is 70.5 Å². The van der Waals surface area contributed by atoms with Gasteiger partial charge in [0.1, 0.15) is 5.65 Å². The molecule has 20 heavy (non-hydrogen) atoms. The largest absolute Gasteiger partial charge is 0.305 e. The smallest absolute Gasteiger partial charge is 0.258 e. The molecule has 0 bridgehead atoms. The van der Waals surface area contributed by atoms with Crippen LogP contribution in [0.1, 0.15) is 11.4 Å². The summed E-state index contributed by atoms with van der Waals surface area (Å²) >= 11 is 0. The second kappa shape index (κ2) is 5.58. The Bertz CT molecular complexity index is 769. The molecule has 0 spiro atoms. The number of aromatic nitrogens is 4. The summed E-state index contributed by atoms with van der Waals surface area (Å²) in [6, 6.07) is 10.7. The first kappa shape index (κ1) is 12.4. The predicted molar refractivity (Wildman–Crippen MR) is 74.0 cm³/mol. The van der Waals surface area contributed by atoms with Crippen molar-refractivity contribution in [1.29, 1.82) is 0 Å². The van der Waals surface area contributed by atoms with Gasteiger partial charge in [-0.05, 0) is 24.3 Å². The molecule has 3 aromatic heterocycles. The van der Waals surface area contributed by atoms with Gasteiger partial charge < -0.3 is 5.32 Å². The van der Waals surface area contributed by atoms with E-state index in [0.29, 0.717) is 24.4 Å². The van der Waals surface area contributed by atoms with Crippen LogP contribution >= 0.6 is 0 Å². The fourth-order valence-electron chi connectivity index (χ4n) is 1.94. The number of rotatable bonds is 4. The van der Waals surface area contributed by atoms with Gasteiger partial charge in [0.15, 0.2) is 0 Å². The maximum atomic E-state index is 11.9. The minimum atomic E-state index is -0.0769. The highest BCUT2D eigenvalue weighted by atomic mass is 16.1. The van der Waals surface area contributed by atoms with Crippen molar-refractivity contribution in [1.82, 2.24) is 24.9 Å². The molecule has 0 saturated carbocycles. The second-order valence-electron chi connectivity index (χ2n) is 4.33. The Hall–Kier alpha value is -2.60. The van der Waals surface area contributed by atoms with Crippen molar-refractivity contribution in [2.45, 2.75) is 13.1 Å². The summed E-state index contributed by atoms with van der Waals surface area (Å²) in [5, 5.41) is 11.0. The van der Waals surface area contributed by atoms with Gasteiger partial charge in [0.2, 0.25) is 0 Å². The van der Waals surface area contributed by atoms with Gasteiger partial charge in [0.05, 0.1) is 11.4 Å². The Labute approximate surface area is 115 Å². The van der Waals surface area contributed by atoms with Crippen molar-refractivity contribution in [2.75, 3.05) is 0 Å². The summed E-state index contributed by atoms with van der Waals surface area (Å²) in [7, 11) is 0. The topological polar surface area (TPSA) is 72.2 Å². The Morgan fingerprint density at radius 2 is 2.00 bits per heavy atom. The third-order valence-corrected chi connectivity index (χ3v) is 2.86. The second-order valence-corrected chi connectivity index (χ2v) is 4.33. The van der Waals surface area contributed by atoms with Crippen molar-refractivity contribution >= 4 is 5.65 Å². The lowest BCUT2D eigenvalue weighted by atomic mass is 10.3. The van der Waals surface area contributed by atoms with Crippen LogP contribution in [-0.4, -0.2) is 19.6 Å². The van der Waals surface area contributed by atoms with E-state index in [-0.39, 0.29) is 5.56 Å². The molecule has 6 heteroatoms. The summed E-state index contributed by atoms with van der Waals surface area (Å²) in [4.78, 5) is 16.3. The van der Waals surface area contributed by atoms with Gasteiger partial charge >= 0.3 is 0 Å². The molecule has 0 fully saturated rings. The third kappa shape index (κ3) is 2.70. The molecule has 3 aromatic rings. The van der Waals surface area contributed by atoms with E-state index in [1.807, 2.05) is 30.3 Å². The molecule has 0 atom stereocenters.